The van der Waals surface area contributed by atoms with E-state index in [-0.39, 0.29) is 5.92 Å². The molecule has 0 aliphatic rings. The van der Waals surface area contributed by atoms with Crippen LogP contribution in [0.5, 0.6) is 0 Å². The second-order valence-electron chi connectivity index (χ2n) is 4.34. The van der Waals surface area contributed by atoms with Crippen molar-refractivity contribution in [2.75, 3.05) is 5.75 Å². The number of aliphatic hydroxyl groups is 1. The molecule has 0 aliphatic carbocycles. The third-order valence-electron chi connectivity index (χ3n) is 2.49. The monoisotopic (exact) mass is 226 g/mol. The van der Waals surface area contributed by atoms with Crippen LogP contribution in [0.15, 0.2) is 17.6 Å². The first-order valence-corrected chi connectivity index (χ1v) is 6.04. The van der Waals surface area contributed by atoms with Gasteiger partial charge in [-0.25, -0.2) is 9.97 Å². The first kappa shape index (κ1) is 12.5. The Morgan fingerprint density at radius 1 is 1.40 bits per heavy atom. The lowest BCUT2D eigenvalue weighted by Crippen LogP contribution is -2.33. The summed E-state index contributed by atoms with van der Waals surface area (Å²) in [6.45, 7) is 7.82. The molecule has 0 radical (unpaired) electrons. The van der Waals surface area contributed by atoms with E-state index in [1.807, 2.05) is 27.7 Å². The van der Waals surface area contributed by atoms with E-state index in [0.29, 0.717) is 5.75 Å². The first-order chi connectivity index (χ1) is 6.92. The molecule has 1 rings (SSSR count). The van der Waals surface area contributed by atoms with Gasteiger partial charge in [0.15, 0.2) is 5.16 Å². The highest BCUT2D eigenvalue weighted by atomic mass is 32.2. The van der Waals surface area contributed by atoms with Gasteiger partial charge in [0.2, 0.25) is 0 Å². The van der Waals surface area contributed by atoms with E-state index >= 15 is 0 Å². The maximum Gasteiger partial charge on any atom is 0.187 e. The van der Waals surface area contributed by atoms with Gasteiger partial charge >= 0.3 is 0 Å². The molecule has 15 heavy (non-hydrogen) atoms. The summed E-state index contributed by atoms with van der Waals surface area (Å²) < 4.78 is 0. The van der Waals surface area contributed by atoms with Gasteiger partial charge in [-0.3, -0.25) is 0 Å². The van der Waals surface area contributed by atoms with Gasteiger partial charge in [-0.2, -0.15) is 0 Å². The molecule has 0 bridgehead atoms. The summed E-state index contributed by atoms with van der Waals surface area (Å²) in [6, 6.07) is 0. The molecule has 0 aliphatic heterocycles. The molecule has 0 fully saturated rings. The molecular weight excluding hydrogens is 208 g/mol. The molecule has 1 atom stereocenters. The average Bonchev–Trinajstić information content (AvgIpc) is 2.17. The second-order valence-corrected chi connectivity index (χ2v) is 5.29. The van der Waals surface area contributed by atoms with Gasteiger partial charge in [0.05, 0.1) is 5.60 Å². The van der Waals surface area contributed by atoms with Crippen LogP contribution in [-0.2, 0) is 0 Å². The second kappa shape index (κ2) is 4.94. The van der Waals surface area contributed by atoms with Crippen LogP contribution < -0.4 is 0 Å². The Balaban J connectivity index is 2.54. The van der Waals surface area contributed by atoms with Gasteiger partial charge in [0.1, 0.15) is 0 Å². The van der Waals surface area contributed by atoms with Crippen molar-refractivity contribution in [2.45, 2.75) is 38.5 Å². The third kappa shape index (κ3) is 3.80. The maximum atomic E-state index is 10.0. The zero-order chi connectivity index (χ0) is 11.5. The van der Waals surface area contributed by atoms with Crippen molar-refractivity contribution < 1.29 is 5.11 Å². The summed E-state index contributed by atoms with van der Waals surface area (Å²) >= 11 is 1.49. The van der Waals surface area contributed by atoms with Gasteiger partial charge in [0, 0.05) is 18.1 Å². The lowest BCUT2D eigenvalue weighted by atomic mass is 9.95. The van der Waals surface area contributed by atoms with Crippen LogP contribution >= 0.6 is 11.8 Å². The highest BCUT2D eigenvalue weighted by Gasteiger charge is 2.25. The SMILES string of the molecule is Cc1cnc(SCC(C)(O)C(C)C)nc1. The van der Waals surface area contributed by atoms with Gasteiger partial charge in [-0.15, -0.1) is 0 Å². The van der Waals surface area contributed by atoms with E-state index in [1.54, 1.807) is 12.4 Å². The molecule has 0 saturated heterocycles. The van der Waals surface area contributed by atoms with Gasteiger partial charge in [-0.05, 0) is 25.3 Å². The molecular formula is C11H18N2OS. The molecule has 1 aromatic rings. The van der Waals surface area contributed by atoms with E-state index in [9.17, 15) is 5.11 Å². The minimum atomic E-state index is -0.668. The summed E-state index contributed by atoms with van der Waals surface area (Å²) in [5, 5.41) is 10.8. The molecule has 84 valence electrons. The number of hydrogen-bond donors (Lipinski definition) is 1. The molecule has 1 N–H and O–H groups in total. The summed E-state index contributed by atoms with van der Waals surface area (Å²) in [7, 11) is 0. The predicted octanol–water partition coefficient (Wildman–Crippen LogP) is 2.28. The van der Waals surface area contributed by atoms with Crippen molar-refractivity contribution in [1.29, 1.82) is 0 Å². The fourth-order valence-corrected chi connectivity index (χ4v) is 1.84. The zero-order valence-electron chi connectivity index (χ0n) is 9.69. The lowest BCUT2D eigenvalue weighted by Gasteiger charge is -2.26. The summed E-state index contributed by atoms with van der Waals surface area (Å²) in [4.78, 5) is 8.36. The van der Waals surface area contributed by atoms with Crippen molar-refractivity contribution in [2.24, 2.45) is 5.92 Å². The summed E-state index contributed by atoms with van der Waals surface area (Å²) in [5.74, 6) is 0.851. The minimum absolute atomic E-state index is 0.232. The van der Waals surface area contributed by atoms with Crippen molar-refractivity contribution in [3.8, 4) is 0 Å². The fourth-order valence-electron chi connectivity index (χ4n) is 0.833. The Labute approximate surface area is 95.3 Å². The van der Waals surface area contributed by atoms with E-state index in [0.717, 1.165) is 10.7 Å². The first-order valence-electron chi connectivity index (χ1n) is 5.05. The van der Waals surface area contributed by atoms with Crippen LogP contribution in [0.1, 0.15) is 26.3 Å². The molecule has 0 amide bonds. The summed E-state index contributed by atoms with van der Waals surface area (Å²) in [5.41, 5.74) is 0.383. The molecule has 3 nitrogen and oxygen atoms in total. The van der Waals surface area contributed by atoms with Crippen LogP contribution in [0.25, 0.3) is 0 Å². The third-order valence-corrected chi connectivity index (χ3v) is 3.69. The number of aryl methyl sites for hydroxylation is 1. The molecule has 0 aromatic carbocycles. The maximum absolute atomic E-state index is 10.0. The molecule has 0 spiro atoms. The Bertz CT molecular complexity index is 309. The van der Waals surface area contributed by atoms with Gasteiger partial charge in [-0.1, -0.05) is 25.6 Å². The molecule has 1 heterocycles. The van der Waals surface area contributed by atoms with Crippen molar-refractivity contribution in [3.63, 3.8) is 0 Å². The molecule has 0 saturated carbocycles. The number of thioether (sulfide) groups is 1. The van der Waals surface area contributed by atoms with E-state index < -0.39 is 5.60 Å². The van der Waals surface area contributed by atoms with Crippen molar-refractivity contribution in [3.05, 3.63) is 18.0 Å². The average molecular weight is 226 g/mol. The van der Waals surface area contributed by atoms with E-state index in [4.69, 9.17) is 0 Å². The van der Waals surface area contributed by atoms with Crippen molar-refractivity contribution in [1.82, 2.24) is 9.97 Å². The Kier molecular flexibility index (Phi) is 4.11. The van der Waals surface area contributed by atoms with E-state index in [1.165, 1.54) is 11.8 Å². The normalized spacial score (nSPS) is 15.3. The van der Waals surface area contributed by atoms with E-state index in [2.05, 4.69) is 9.97 Å². The fraction of sp³-hybridized carbons (Fsp3) is 0.636. The highest BCUT2D eigenvalue weighted by Crippen LogP contribution is 2.24. The summed E-state index contributed by atoms with van der Waals surface area (Å²) in [6.07, 6.45) is 3.58. The Morgan fingerprint density at radius 2 is 1.93 bits per heavy atom. The number of rotatable bonds is 4. The standard InChI is InChI=1S/C11H18N2OS/c1-8(2)11(4,14)7-15-10-12-5-9(3)6-13-10/h5-6,8,14H,7H2,1-4H3. The zero-order valence-corrected chi connectivity index (χ0v) is 10.5. The molecule has 4 heteroatoms. The number of aromatic nitrogens is 2. The number of nitrogens with zero attached hydrogens (tertiary/aromatic N) is 2. The highest BCUT2D eigenvalue weighted by molar-refractivity contribution is 7.99. The Hall–Kier alpha value is -0.610. The van der Waals surface area contributed by atoms with Crippen molar-refractivity contribution >= 4 is 11.8 Å². The smallest absolute Gasteiger partial charge is 0.187 e. The Morgan fingerprint density at radius 3 is 2.40 bits per heavy atom. The van der Waals surface area contributed by atoms with Crippen LogP contribution in [0.2, 0.25) is 0 Å². The van der Waals surface area contributed by atoms with Crippen LogP contribution in [-0.4, -0.2) is 26.4 Å². The largest absolute Gasteiger partial charge is 0.389 e. The molecule has 1 unspecified atom stereocenters. The van der Waals surface area contributed by atoms with Crippen LogP contribution in [0, 0.1) is 12.8 Å². The van der Waals surface area contributed by atoms with Crippen LogP contribution in [0.3, 0.4) is 0 Å². The quantitative estimate of drug-likeness (QED) is 0.632. The number of hydrogen-bond acceptors (Lipinski definition) is 4. The molecule has 1 aromatic heterocycles. The predicted molar refractivity (Wildman–Crippen MR) is 63.0 cm³/mol. The lowest BCUT2D eigenvalue weighted by molar-refractivity contribution is 0.0376. The minimum Gasteiger partial charge on any atom is -0.389 e. The topological polar surface area (TPSA) is 46.0 Å². The van der Waals surface area contributed by atoms with Gasteiger partial charge < -0.3 is 5.11 Å². The van der Waals surface area contributed by atoms with Gasteiger partial charge in [0.25, 0.3) is 0 Å². The van der Waals surface area contributed by atoms with Crippen LogP contribution in [0.4, 0.5) is 0 Å².